The molecule has 2 aromatic rings. The van der Waals surface area contributed by atoms with E-state index in [4.69, 9.17) is 0 Å². The molecule has 6 heteroatoms. The van der Waals surface area contributed by atoms with E-state index in [1.165, 1.54) is 6.92 Å². The molecule has 1 aliphatic rings. The van der Waals surface area contributed by atoms with Crippen LogP contribution in [0.2, 0.25) is 0 Å². The molecule has 29 heavy (non-hydrogen) atoms. The number of anilines is 3. The molecule has 0 aliphatic heterocycles. The van der Waals surface area contributed by atoms with Crippen molar-refractivity contribution in [3.63, 3.8) is 0 Å². The van der Waals surface area contributed by atoms with Crippen LogP contribution in [-0.2, 0) is 9.59 Å². The number of benzene rings is 2. The molecule has 6 nitrogen and oxygen atoms in total. The van der Waals surface area contributed by atoms with Crippen molar-refractivity contribution in [3.8, 4) is 0 Å². The van der Waals surface area contributed by atoms with E-state index in [1.54, 1.807) is 24.3 Å². The van der Waals surface area contributed by atoms with Gasteiger partial charge in [0, 0.05) is 35.7 Å². The van der Waals surface area contributed by atoms with Crippen molar-refractivity contribution < 1.29 is 14.4 Å². The normalized spacial score (nSPS) is 17.3. The third-order valence-corrected chi connectivity index (χ3v) is 5.29. The lowest BCUT2D eigenvalue weighted by Gasteiger charge is -2.21. The largest absolute Gasteiger partial charge is 0.372 e. The maximum atomic E-state index is 12.5. The first-order chi connectivity index (χ1) is 13.9. The van der Waals surface area contributed by atoms with Crippen molar-refractivity contribution >= 4 is 34.7 Å². The summed E-state index contributed by atoms with van der Waals surface area (Å²) in [7, 11) is 0. The molecule has 0 aromatic heterocycles. The van der Waals surface area contributed by atoms with Gasteiger partial charge in [0.1, 0.15) is 0 Å². The molecule has 0 radical (unpaired) electrons. The molecule has 2 amide bonds. The van der Waals surface area contributed by atoms with Gasteiger partial charge in [0.15, 0.2) is 5.78 Å². The van der Waals surface area contributed by atoms with Crippen LogP contribution in [-0.4, -0.2) is 30.7 Å². The molecule has 1 fully saturated rings. The molecule has 0 saturated heterocycles. The van der Waals surface area contributed by atoms with Gasteiger partial charge >= 0.3 is 0 Å². The highest BCUT2D eigenvalue weighted by molar-refractivity contribution is 6.03. The highest BCUT2D eigenvalue weighted by atomic mass is 16.2. The minimum atomic E-state index is -0.322. The Hall–Kier alpha value is -3.15. The van der Waals surface area contributed by atoms with Gasteiger partial charge in [0.05, 0.1) is 11.8 Å². The molecule has 2 aromatic carbocycles. The predicted molar refractivity (Wildman–Crippen MR) is 115 cm³/mol. The fourth-order valence-electron chi connectivity index (χ4n) is 3.38. The summed E-state index contributed by atoms with van der Waals surface area (Å²) in [4.78, 5) is 38.4. The van der Waals surface area contributed by atoms with E-state index in [-0.39, 0.29) is 29.4 Å². The fourth-order valence-corrected chi connectivity index (χ4v) is 3.38. The molecular weight excluding hydrogens is 366 g/mol. The van der Waals surface area contributed by atoms with Crippen molar-refractivity contribution in [2.24, 2.45) is 11.8 Å². The minimum Gasteiger partial charge on any atom is -0.372 e. The van der Waals surface area contributed by atoms with Crippen molar-refractivity contribution in [2.75, 3.05) is 28.6 Å². The second kappa shape index (κ2) is 8.90. The Bertz CT molecular complexity index is 887. The summed E-state index contributed by atoms with van der Waals surface area (Å²) in [6, 6.07) is 14.5. The van der Waals surface area contributed by atoms with Gasteiger partial charge in [0.2, 0.25) is 11.8 Å². The topological polar surface area (TPSA) is 78.5 Å². The Morgan fingerprint density at radius 3 is 1.69 bits per heavy atom. The van der Waals surface area contributed by atoms with Crippen LogP contribution in [0.1, 0.15) is 37.6 Å². The molecule has 0 spiro atoms. The van der Waals surface area contributed by atoms with Gasteiger partial charge < -0.3 is 15.5 Å². The predicted octanol–water partition coefficient (Wildman–Crippen LogP) is 3.95. The first kappa shape index (κ1) is 20.6. The van der Waals surface area contributed by atoms with E-state index in [2.05, 4.69) is 29.4 Å². The van der Waals surface area contributed by atoms with Crippen LogP contribution in [0.5, 0.6) is 0 Å². The Morgan fingerprint density at radius 2 is 1.28 bits per heavy atom. The van der Waals surface area contributed by atoms with E-state index in [0.29, 0.717) is 17.7 Å². The van der Waals surface area contributed by atoms with E-state index in [1.807, 2.05) is 24.3 Å². The second-order valence-electron chi connectivity index (χ2n) is 7.28. The van der Waals surface area contributed by atoms with Gasteiger partial charge in [0.25, 0.3) is 0 Å². The van der Waals surface area contributed by atoms with Gasteiger partial charge in [-0.15, -0.1) is 0 Å². The molecule has 1 aliphatic carbocycles. The Morgan fingerprint density at radius 1 is 0.828 bits per heavy atom. The number of carbonyl (C=O) groups is 3. The van der Waals surface area contributed by atoms with Crippen LogP contribution in [0.15, 0.2) is 48.5 Å². The zero-order valence-corrected chi connectivity index (χ0v) is 17.1. The van der Waals surface area contributed by atoms with Crippen LogP contribution in [0.25, 0.3) is 0 Å². The first-order valence-corrected chi connectivity index (χ1v) is 10.0. The standard InChI is InChI=1S/C23H27N3O3/c1-4-26(5-2)19-12-10-18(11-13-19)25-23(29)21-14-20(21)22(28)24-17-8-6-16(7-9-17)15(3)27/h6-13,20-21H,4-5,14H2,1-3H3,(H,24,28)(H,25,29). The summed E-state index contributed by atoms with van der Waals surface area (Å²) in [6.07, 6.45) is 0.542. The van der Waals surface area contributed by atoms with Crippen molar-refractivity contribution in [1.82, 2.24) is 0 Å². The number of nitrogens with zero attached hydrogens (tertiary/aromatic N) is 1. The van der Waals surface area contributed by atoms with Gasteiger partial charge in [-0.2, -0.15) is 0 Å². The number of Topliss-reactive ketones (excluding diaryl/α,β-unsaturated/α-hetero) is 1. The molecule has 0 bridgehead atoms. The number of carbonyl (C=O) groups excluding carboxylic acids is 3. The number of amides is 2. The molecule has 3 rings (SSSR count). The quantitative estimate of drug-likeness (QED) is 0.666. The smallest absolute Gasteiger partial charge is 0.228 e. The highest BCUT2D eigenvalue weighted by Gasteiger charge is 2.48. The Balaban J connectivity index is 1.52. The van der Waals surface area contributed by atoms with Gasteiger partial charge in [-0.3, -0.25) is 14.4 Å². The van der Waals surface area contributed by atoms with Crippen molar-refractivity contribution in [1.29, 1.82) is 0 Å². The molecule has 1 saturated carbocycles. The second-order valence-corrected chi connectivity index (χ2v) is 7.28. The Kier molecular flexibility index (Phi) is 6.32. The lowest BCUT2D eigenvalue weighted by atomic mass is 10.1. The molecule has 2 atom stereocenters. The number of nitrogens with one attached hydrogen (secondary N) is 2. The van der Waals surface area contributed by atoms with Gasteiger partial charge in [-0.05, 0) is 75.7 Å². The monoisotopic (exact) mass is 393 g/mol. The third-order valence-electron chi connectivity index (χ3n) is 5.29. The zero-order valence-electron chi connectivity index (χ0n) is 17.1. The van der Waals surface area contributed by atoms with Gasteiger partial charge in [-0.25, -0.2) is 0 Å². The number of ketones is 1. The minimum absolute atomic E-state index is 0.0214. The molecule has 2 N–H and O–H groups in total. The van der Waals surface area contributed by atoms with Crippen molar-refractivity contribution in [3.05, 3.63) is 54.1 Å². The Labute approximate surface area is 171 Å². The maximum absolute atomic E-state index is 12.5. The lowest BCUT2D eigenvalue weighted by Crippen LogP contribution is -2.22. The van der Waals surface area contributed by atoms with Crippen LogP contribution >= 0.6 is 0 Å². The van der Waals surface area contributed by atoms with E-state index < -0.39 is 0 Å². The van der Waals surface area contributed by atoms with Crippen LogP contribution in [0.4, 0.5) is 17.1 Å². The van der Waals surface area contributed by atoms with E-state index in [0.717, 1.165) is 24.5 Å². The summed E-state index contributed by atoms with van der Waals surface area (Å²) in [5, 5.41) is 5.72. The van der Waals surface area contributed by atoms with Crippen molar-refractivity contribution in [2.45, 2.75) is 27.2 Å². The molecule has 2 unspecified atom stereocenters. The fraction of sp³-hybridized carbons (Fsp3) is 0.348. The highest BCUT2D eigenvalue weighted by Crippen LogP contribution is 2.40. The lowest BCUT2D eigenvalue weighted by molar-refractivity contribution is -0.122. The van der Waals surface area contributed by atoms with E-state index in [9.17, 15) is 14.4 Å². The zero-order chi connectivity index (χ0) is 21.0. The summed E-state index contributed by atoms with van der Waals surface area (Å²) in [6.45, 7) is 7.57. The van der Waals surface area contributed by atoms with Crippen LogP contribution in [0.3, 0.4) is 0 Å². The molecular formula is C23H27N3O3. The SMILES string of the molecule is CCN(CC)c1ccc(NC(=O)C2CC2C(=O)Nc2ccc(C(C)=O)cc2)cc1. The number of hydrogen-bond acceptors (Lipinski definition) is 4. The summed E-state index contributed by atoms with van der Waals surface area (Å²) in [5.41, 5.74) is 3.07. The molecule has 152 valence electrons. The number of rotatable bonds is 8. The third kappa shape index (κ3) is 5.02. The van der Waals surface area contributed by atoms with Crippen LogP contribution < -0.4 is 15.5 Å². The first-order valence-electron chi connectivity index (χ1n) is 10.0. The summed E-state index contributed by atoms with van der Waals surface area (Å²) >= 11 is 0. The maximum Gasteiger partial charge on any atom is 0.228 e. The van der Waals surface area contributed by atoms with E-state index >= 15 is 0 Å². The average Bonchev–Trinajstić information content (AvgIpc) is 3.52. The summed E-state index contributed by atoms with van der Waals surface area (Å²) < 4.78 is 0. The molecule has 0 heterocycles. The van der Waals surface area contributed by atoms with Gasteiger partial charge in [-0.1, -0.05) is 0 Å². The average molecular weight is 393 g/mol. The number of hydrogen-bond donors (Lipinski definition) is 2. The summed E-state index contributed by atoms with van der Waals surface area (Å²) in [5.74, 6) is -0.955. The van der Waals surface area contributed by atoms with Crippen LogP contribution in [0, 0.1) is 11.8 Å².